The Morgan fingerprint density at radius 2 is 0.761 bits per heavy atom. The maximum atomic E-state index is 13.3. The van der Waals surface area contributed by atoms with Gasteiger partial charge in [-0.05, 0) is 89.9 Å². The van der Waals surface area contributed by atoms with Crippen LogP contribution in [0.1, 0.15) is 284 Å². The van der Waals surface area contributed by atoms with E-state index in [1.807, 2.05) is 6.08 Å². The van der Waals surface area contributed by atoms with Gasteiger partial charge in [-0.2, -0.15) is 0 Å². The second-order valence-corrected chi connectivity index (χ2v) is 25.7. The SMILES string of the molecule is CC/C=C\C/C=C\C/C=C\C/C=C\C/C=C\C/C=C\C/C=C\CCCCCC(=O)NC(COC1OC(CO)C(OC2OC(CO)C(O)C(O)C2O)C(O)C1O)C(O)/C=C/CC/C=C/CCCCCCCCCCCCCCCCCCCCCCCCCCCCC. The van der Waals surface area contributed by atoms with E-state index in [2.05, 4.69) is 116 Å². The van der Waals surface area contributed by atoms with Crippen LogP contribution in [0.3, 0.4) is 0 Å². The fraction of sp³-hybridized carbons (Fsp3) is 0.756. The molecular formula is C78H135NO13. The molecule has 14 nitrogen and oxygen atoms in total. The van der Waals surface area contributed by atoms with Crippen LogP contribution >= 0.6 is 0 Å². The zero-order valence-corrected chi connectivity index (χ0v) is 57.8. The molecule has 0 aromatic rings. The lowest BCUT2D eigenvalue weighted by Crippen LogP contribution is -2.65. The number of nitrogens with one attached hydrogen (secondary N) is 1. The zero-order valence-electron chi connectivity index (χ0n) is 57.8. The Labute approximate surface area is 559 Å². The molecule has 2 heterocycles. The average molecular weight is 1290 g/mol. The summed E-state index contributed by atoms with van der Waals surface area (Å²) in [6.07, 6.45) is 71.6. The Bertz CT molecular complexity index is 1960. The highest BCUT2D eigenvalue weighted by Crippen LogP contribution is 2.30. The van der Waals surface area contributed by atoms with Crippen molar-refractivity contribution in [2.24, 2.45) is 0 Å². The number of hydrogen-bond donors (Lipinski definition) is 9. The first-order valence-corrected chi connectivity index (χ1v) is 37.1. The summed E-state index contributed by atoms with van der Waals surface area (Å²) in [6, 6.07) is -0.960. The maximum absolute atomic E-state index is 13.3. The van der Waals surface area contributed by atoms with Crippen molar-refractivity contribution in [3.8, 4) is 0 Å². The van der Waals surface area contributed by atoms with E-state index < -0.39 is 86.8 Å². The molecule has 2 aliphatic rings. The van der Waals surface area contributed by atoms with Crippen LogP contribution in [0.2, 0.25) is 0 Å². The van der Waals surface area contributed by atoms with Crippen LogP contribution in [0, 0.1) is 0 Å². The molecule has 0 bridgehead atoms. The van der Waals surface area contributed by atoms with Crippen LogP contribution in [0.4, 0.5) is 0 Å². The molecule has 12 atom stereocenters. The Kier molecular flexibility index (Phi) is 56.4. The predicted octanol–water partition coefficient (Wildman–Crippen LogP) is 15.9. The quantitative estimate of drug-likeness (QED) is 0.0204. The normalized spacial score (nSPS) is 23.3. The van der Waals surface area contributed by atoms with Gasteiger partial charge in [0.1, 0.15) is 48.8 Å². The van der Waals surface area contributed by atoms with E-state index >= 15 is 0 Å². The zero-order chi connectivity index (χ0) is 66.6. The molecule has 92 heavy (non-hydrogen) atoms. The van der Waals surface area contributed by atoms with Crippen LogP contribution in [0.25, 0.3) is 0 Å². The molecule has 0 aliphatic carbocycles. The Morgan fingerprint density at radius 1 is 0.402 bits per heavy atom. The summed E-state index contributed by atoms with van der Waals surface area (Å²) in [5.74, 6) is -0.283. The third-order valence-electron chi connectivity index (χ3n) is 17.4. The molecule has 14 heteroatoms. The fourth-order valence-corrected chi connectivity index (χ4v) is 11.6. The highest BCUT2D eigenvalue weighted by molar-refractivity contribution is 5.76. The van der Waals surface area contributed by atoms with E-state index in [4.69, 9.17) is 18.9 Å². The second-order valence-electron chi connectivity index (χ2n) is 25.7. The number of rotatable bonds is 60. The number of hydrogen-bond acceptors (Lipinski definition) is 13. The van der Waals surface area contributed by atoms with E-state index in [1.54, 1.807) is 6.08 Å². The Balaban J connectivity index is 1.69. The van der Waals surface area contributed by atoms with Gasteiger partial charge in [0.15, 0.2) is 12.6 Å². The Hall–Kier alpha value is -3.35. The molecule has 2 aliphatic heterocycles. The molecule has 9 N–H and O–H groups in total. The van der Waals surface area contributed by atoms with E-state index in [0.717, 1.165) is 77.0 Å². The molecule has 2 saturated heterocycles. The first kappa shape index (κ1) is 84.7. The molecule has 12 unspecified atom stereocenters. The molecule has 0 spiro atoms. The van der Waals surface area contributed by atoms with Crippen LogP contribution in [0.15, 0.2) is 109 Å². The first-order chi connectivity index (χ1) is 45.1. The van der Waals surface area contributed by atoms with E-state index in [9.17, 15) is 45.6 Å². The van der Waals surface area contributed by atoms with Gasteiger partial charge in [-0.1, -0.05) is 297 Å². The summed E-state index contributed by atoms with van der Waals surface area (Å²) in [6.45, 7) is 2.67. The van der Waals surface area contributed by atoms with Crippen LogP contribution in [0.5, 0.6) is 0 Å². The van der Waals surface area contributed by atoms with Gasteiger partial charge in [-0.3, -0.25) is 4.79 Å². The summed E-state index contributed by atoms with van der Waals surface area (Å²) in [7, 11) is 0. The number of carbonyl (C=O) groups is 1. The molecular weight excluding hydrogens is 1160 g/mol. The summed E-state index contributed by atoms with van der Waals surface area (Å²) < 4.78 is 22.8. The molecule has 0 aromatic carbocycles. The van der Waals surface area contributed by atoms with Crippen molar-refractivity contribution in [3.63, 3.8) is 0 Å². The fourth-order valence-electron chi connectivity index (χ4n) is 11.6. The van der Waals surface area contributed by atoms with Crippen molar-refractivity contribution < 1.29 is 64.6 Å². The van der Waals surface area contributed by atoms with Crippen molar-refractivity contribution in [1.29, 1.82) is 0 Å². The number of allylic oxidation sites excluding steroid dienone is 17. The summed E-state index contributed by atoms with van der Waals surface area (Å²) in [5.41, 5.74) is 0. The van der Waals surface area contributed by atoms with Gasteiger partial charge >= 0.3 is 0 Å². The van der Waals surface area contributed by atoms with Gasteiger partial charge in [-0.25, -0.2) is 0 Å². The average Bonchev–Trinajstić information content (AvgIpc) is 0.865. The third kappa shape index (κ3) is 44.4. The lowest BCUT2D eigenvalue weighted by molar-refractivity contribution is -0.359. The Morgan fingerprint density at radius 3 is 1.20 bits per heavy atom. The monoisotopic (exact) mass is 1290 g/mol. The molecule has 2 fully saturated rings. The highest BCUT2D eigenvalue weighted by atomic mass is 16.7. The predicted molar refractivity (Wildman–Crippen MR) is 378 cm³/mol. The number of unbranched alkanes of at least 4 members (excludes halogenated alkanes) is 31. The number of aliphatic hydroxyl groups excluding tert-OH is 8. The smallest absolute Gasteiger partial charge is 0.220 e. The molecule has 0 saturated carbocycles. The van der Waals surface area contributed by atoms with E-state index in [-0.39, 0.29) is 18.9 Å². The lowest BCUT2D eigenvalue weighted by atomic mass is 9.97. The number of aliphatic hydroxyl groups is 8. The largest absolute Gasteiger partial charge is 0.394 e. The minimum atomic E-state index is -1.80. The van der Waals surface area contributed by atoms with Gasteiger partial charge in [0.25, 0.3) is 0 Å². The van der Waals surface area contributed by atoms with Gasteiger partial charge in [-0.15, -0.1) is 0 Å². The van der Waals surface area contributed by atoms with Crippen molar-refractivity contribution in [3.05, 3.63) is 109 Å². The first-order valence-electron chi connectivity index (χ1n) is 37.1. The van der Waals surface area contributed by atoms with Gasteiger partial charge in [0.05, 0.1) is 32.0 Å². The maximum Gasteiger partial charge on any atom is 0.220 e. The van der Waals surface area contributed by atoms with Gasteiger partial charge < -0.3 is 65.1 Å². The van der Waals surface area contributed by atoms with E-state index in [0.29, 0.717) is 12.8 Å². The van der Waals surface area contributed by atoms with Gasteiger partial charge in [0, 0.05) is 6.42 Å². The number of ether oxygens (including phenoxy) is 4. The summed E-state index contributed by atoms with van der Waals surface area (Å²) in [5, 5.41) is 87.5. The number of carbonyl (C=O) groups excluding carboxylic acids is 1. The number of amides is 1. The molecule has 2 rings (SSSR count). The second kappa shape index (κ2) is 61.3. The van der Waals surface area contributed by atoms with Crippen LogP contribution < -0.4 is 5.32 Å². The van der Waals surface area contributed by atoms with Crippen molar-refractivity contribution in [2.75, 3.05) is 19.8 Å². The minimum absolute atomic E-state index is 0.227. The van der Waals surface area contributed by atoms with E-state index in [1.165, 1.54) is 173 Å². The van der Waals surface area contributed by atoms with Crippen LogP contribution in [-0.2, 0) is 23.7 Å². The standard InChI is InChI=1S/C78H135NO13/c1-3-5-7-9-11-13-15-17-19-21-23-25-27-29-30-31-32-33-34-35-36-38-39-41-43-45-47-49-51-53-55-57-59-61-67(82)66(65-89-77-75(88)73(86)76(69(64-81)91-77)92-78-74(87)72(85)71(84)68(63-80)90-78)79-70(83)62-60-58-56-54-52-50-48-46-44-42-40-37-28-26-24-22-20-18-16-14-12-10-8-6-4-2/h6,8,12,14,18,20,24,26,37,40,44,46,50-53,59,61,66-69,71-78,80-82,84-88H,3-5,7,9-11,13,15-17,19,21-23,25,27-36,38-39,41-43,45,47-49,54-58,60,62-65H2,1-2H3,(H,79,83)/b8-6-,14-12-,20-18-,26-24-,40-37-,46-44-,52-50-,53-51+,61-59+. The summed E-state index contributed by atoms with van der Waals surface area (Å²) >= 11 is 0. The highest BCUT2D eigenvalue weighted by Gasteiger charge is 2.51. The van der Waals surface area contributed by atoms with Crippen molar-refractivity contribution in [1.82, 2.24) is 5.32 Å². The van der Waals surface area contributed by atoms with Crippen LogP contribution in [-0.4, -0.2) is 140 Å². The summed E-state index contributed by atoms with van der Waals surface area (Å²) in [4.78, 5) is 13.3. The topological polar surface area (TPSA) is 228 Å². The molecule has 530 valence electrons. The van der Waals surface area contributed by atoms with Crippen molar-refractivity contribution in [2.45, 2.75) is 357 Å². The molecule has 0 radical (unpaired) electrons. The lowest BCUT2D eigenvalue weighted by Gasteiger charge is -2.46. The molecule has 0 aromatic heterocycles. The van der Waals surface area contributed by atoms with Gasteiger partial charge in [0.2, 0.25) is 5.91 Å². The van der Waals surface area contributed by atoms with Crippen molar-refractivity contribution >= 4 is 5.91 Å². The third-order valence-corrected chi connectivity index (χ3v) is 17.4. The molecule has 1 amide bonds. The minimum Gasteiger partial charge on any atom is -0.394 e.